The lowest BCUT2D eigenvalue weighted by atomic mass is 9.70. The number of benzene rings is 3. The van der Waals surface area contributed by atoms with E-state index in [2.05, 4.69) is 121 Å². The molecule has 1 aliphatic carbocycles. The van der Waals surface area contributed by atoms with E-state index in [1.807, 2.05) is 6.26 Å². The Morgan fingerprint density at radius 2 is 1.69 bits per heavy atom. The minimum atomic E-state index is -0.0779. The van der Waals surface area contributed by atoms with E-state index in [9.17, 15) is 0 Å². The number of hydrogen-bond acceptors (Lipinski definition) is 3. The van der Waals surface area contributed by atoms with Crippen molar-refractivity contribution in [3.05, 3.63) is 131 Å². The fraction of sp³-hybridized carbons (Fsp3) is 0.212. The van der Waals surface area contributed by atoms with Crippen molar-refractivity contribution >= 4 is 22.2 Å². The van der Waals surface area contributed by atoms with Crippen LogP contribution in [0.5, 0.6) is 0 Å². The van der Waals surface area contributed by atoms with Crippen LogP contribution in [0.1, 0.15) is 42.1 Å². The largest absolute Gasteiger partial charge is 0.464 e. The molecule has 3 nitrogen and oxygen atoms in total. The van der Waals surface area contributed by atoms with Crippen molar-refractivity contribution < 1.29 is 4.42 Å². The third-order valence-electron chi connectivity index (χ3n) is 8.85. The highest BCUT2D eigenvalue weighted by atomic mass is 16.3. The predicted octanol–water partition coefficient (Wildman–Crippen LogP) is 7.06. The molecular formula is C33H28N2O. The summed E-state index contributed by atoms with van der Waals surface area (Å²) in [5, 5.41) is 5.23. The molecule has 3 heteroatoms. The van der Waals surface area contributed by atoms with Crippen LogP contribution in [0.2, 0.25) is 0 Å². The van der Waals surface area contributed by atoms with E-state index < -0.39 is 0 Å². The zero-order valence-corrected chi connectivity index (χ0v) is 20.5. The molecule has 3 aliphatic heterocycles. The lowest BCUT2D eigenvalue weighted by molar-refractivity contribution is 0.371. The van der Waals surface area contributed by atoms with Crippen LogP contribution in [0, 0.1) is 5.41 Å². The number of furan rings is 1. The Kier molecular flexibility index (Phi) is 3.90. The van der Waals surface area contributed by atoms with E-state index in [4.69, 9.17) is 4.42 Å². The van der Waals surface area contributed by atoms with Crippen LogP contribution in [-0.4, -0.2) is 17.5 Å². The van der Waals surface area contributed by atoms with Crippen molar-refractivity contribution in [3.8, 4) is 0 Å². The number of rotatable bonds is 2. The number of fused-ring (bicyclic) bond motifs is 5. The van der Waals surface area contributed by atoms with Gasteiger partial charge in [-0.1, -0.05) is 92.7 Å². The SMILES string of the molecule is CC1(C)C2=C(NC(c3ccccc3)C=C2c2ccccc2)c2c(ccc3occc23)C23C=CCN2C13. The van der Waals surface area contributed by atoms with Gasteiger partial charge >= 0.3 is 0 Å². The summed E-state index contributed by atoms with van der Waals surface area (Å²) in [4.78, 5) is 2.67. The maximum Gasteiger partial charge on any atom is 0.134 e. The van der Waals surface area contributed by atoms with Gasteiger partial charge in [-0.15, -0.1) is 0 Å². The third-order valence-corrected chi connectivity index (χ3v) is 8.85. The number of allylic oxidation sites excluding steroid dienone is 1. The Hall–Kier alpha value is -3.82. The topological polar surface area (TPSA) is 28.2 Å². The van der Waals surface area contributed by atoms with Crippen molar-refractivity contribution in [1.82, 2.24) is 10.2 Å². The van der Waals surface area contributed by atoms with Crippen molar-refractivity contribution in [1.29, 1.82) is 0 Å². The number of hydrogen-bond donors (Lipinski definition) is 1. The Labute approximate surface area is 211 Å². The summed E-state index contributed by atoms with van der Waals surface area (Å²) < 4.78 is 5.94. The van der Waals surface area contributed by atoms with E-state index >= 15 is 0 Å². The van der Waals surface area contributed by atoms with Gasteiger partial charge in [-0.05, 0) is 46.0 Å². The molecule has 1 aromatic heterocycles. The molecule has 4 aromatic rings. The van der Waals surface area contributed by atoms with Crippen LogP contribution < -0.4 is 5.32 Å². The maximum atomic E-state index is 5.94. The summed E-state index contributed by atoms with van der Waals surface area (Å²) in [6.07, 6.45) is 9.08. The third kappa shape index (κ3) is 2.46. The van der Waals surface area contributed by atoms with Crippen LogP contribution in [0.25, 0.3) is 22.2 Å². The Balaban J connectivity index is 1.48. The first kappa shape index (κ1) is 20.4. The first-order valence-corrected chi connectivity index (χ1v) is 12.9. The number of dihydropyridines is 1. The van der Waals surface area contributed by atoms with Crippen molar-refractivity contribution in [3.63, 3.8) is 0 Å². The van der Waals surface area contributed by atoms with Gasteiger partial charge in [0.25, 0.3) is 0 Å². The average Bonchev–Trinajstić information content (AvgIpc) is 3.21. The highest BCUT2D eigenvalue weighted by molar-refractivity contribution is 6.01. The van der Waals surface area contributed by atoms with Crippen molar-refractivity contribution in [2.75, 3.05) is 6.54 Å². The molecule has 1 spiro atoms. The molecule has 4 atom stereocenters. The first-order valence-electron chi connectivity index (χ1n) is 12.9. The normalized spacial score (nSPS) is 28.9. The highest BCUT2D eigenvalue weighted by Gasteiger charge is 2.71. The smallest absolute Gasteiger partial charge is 0.134 e. The standard InChI is InChI=1S/C33H28N2O/c1-32(2)29-24(21-10-5-3-6-11-21)20-26(22-12-7-4-8-13-22)34-30(29)28-23-16-19-36-27(23)15-14-25(28)33-17-9-18-35(33)31(32)33/h3-17,19-20,26,31,34H,18H2,1-2H3. The lowest BCUT2D eigenvalue weighted by Gasteiger charge is -2.38. The Morgan fingerprint density at radius 3 is 2.50 bits per heavy atom. The van der Waals surface area contributed by atoms with Crippen LogP contribution >= 0.6 is 0 Å². The van der Waals surface area contributed by atoms with Crippen molar-refractivity contribution in [2.24, 2.45) is 5.41 Å². The average molecular weight is 469 g/mol. The zero-order chi connectivity index (χ0) is 24.1. The molecule has 4 unspecified atom stereocenters. The Bertz CT molecular complexity index is 1620. The van der Waals surface area contributed by atoms with Crippen molar-refractivity contribution in [2.45, 2.75) is 31.5 Å². The second kappa shape index (κ2) is 6.89. The molecule has 8 rings (SSSR count). The van der Waals surface area contributed by atoms with Crippen LogP contribution in [0.15, 0.2) is 113 Å². The van der Waals surface area contributed by atoms with E-state index in [-0.39, 0.29) is 17.0 Å². The lowest BCUT2D eigenvalue weighted by Crippen LogP contribution is -2.33. The quantitative estimate of drug-likeness (QED) is 0.252. The van der Waals surface area contributed by atoms with Crippen LogP contribution in [0.3, 0.4) is 0 Å². The molecule has 1 fully saturated rings. The van der Waals surface area contributed by atoms with Gasteiger partial charge in [-0.25, -0.2) is 0 Å². The highest BCUT2D eigenvalue weighted by Crippen LogP contribution is 2.67. The molecular weight excluding hydrogens is 440 g/mol. The second-order valence-electron chi connectivity index (χ2n) is 11.1. The number of nitrogens with one attached hydrogen (secondary N) is 1. The van der Waals surface area contributed by atoms with Gasteiger partial charge in [0.2, 0.25) is 0 Å². The van der Waals surface area contributed by atoms with Gasteiger partial charge in [0.1, 0.15) is 5.58 Å². The van der Waals surface area contributed by atoms with E-state index in [1.54, 1.807) is 0 Å². The summed E-state index contributed by atoms with van der Waals surface area (Å²) in [6, 6.07) is 28.8. The van der Waals surface area contributed by atoms with Gasteiger partial charge in [0.05, 0.1) is 17.8 Å². The molecule has 4 heterocycles. The minimum absolute atomic E-state index is 0.0621. The summed E-state index contributed by atoms with van der Waals surface area (Å²) in [6.45, 7) is 5.89. The molecule has 0 radical (unpaired) electrons. The van der Waals surface area contributed by atoms with E-state index in [0.717, 1.165) is 12.1 Å². The molecule has 0 saturated carbocycles. The zero-order valence-electron chi connectivity index (χ0n) is 20.5. The monoisotopic (exact) mass is 468 g/mol. The van der Waals surface area contributed by atoms with Gasteiger partial charge in [-0.3, -0.25) is 4.90 Å². The summed E-state index contributed by atoms with van der Waals surface area (Å²) in [5.74, 6) is 0. The first-order chi connectivity index (χ1) is 17.6. The predicted molar refractivity (Wildman–Crippen MR) is 145 cm³/mol. The summed E-state index contributed by atoms with van der Waals surface area (Å²) in [5.41, 5.74) is 10.0. The molecule has 0 bridgehead atoms. The van der Waals surface area contributed by atoms with Gasteiger partial charge < -0.3 is 9.73 Å². The van der Waals surface area contributed by atoms with Crippen LogP contribution in [-0.2, 0) is 5.54 Å². The van der Waals surface area contributed by atoms with E-state index in [1.165, 1.54) is 44.5 Å². The molecule has 0 amide bonds. The van der Waals surface area contributed by atoms with Gasteiger partial charge in [-0.2, -0.15) is 0 Å². The molecule has 1 N–H and O–H groups in total. The summed E-state index contributed by atoms with van der Waals surface area (Å²) >= 11 is 0. The summed E-state index contributed by atoms with van der Waals surface area (Å²) in [7, 11) is 0. The van der Waals surface area contributed by atoms with Crippen LogP contribution in [0.4, 0.5) is 0 Å². The second-order valence-corrected chi connectivity index (χ2v) is 11.1. The molecule has 176 valence electrons. The molecule has 4 aliphatic rings. The fourth-order valence-electron chi connectivity index (χ4n) is 7.48. The molecule has 1 saturated heterocycles. The Morgan fingerprint density at radius 1 is 0.917 bits per heavy atom. The molecule has 3 aromatic carbocycles. The van der Waals surface area contributed by atoms with Gasteiger partial charge in [0, 0.05) is 34.6 Å². The minimum Gasteiger partial charge on any atom is -0.464 e. The number of nitrogens with zero attached hydrogens (tertiary/aromatic N) is 1. The van der Waals surface area contributed by atoms with E-state index in [0.29, 0.717) is 6.04 Å². The maximum absolute atomic E-state index is 5.94. The molecule has 36 heavy (non-hydrogen) atoms. The van der Waals surface area contributed by atoms with Gasteiger partial charge in [0.15, 0.2) is 0 Å². The fourth-order valence-corrected chi connectivity index (χ4v) is 7.48.